The molecule has 1 aromatic heterocycles. The van der Waals surface area contributed by atoms with E-state index in [1.54, 1.807) is 0 Å². The van der Waals surface area contributed by atoms with Crippen molar-refractivity contribution >= 4 is 21.9 Å². The van der Waals surface area contributed by atoms with Gasteiger partial charge >= 0.3 is 0 Å². The molecule has 1 fully saturated rings. The minimum atomic E-state index is 0.499. The molecular weight excluding hydrogens is 280 g/mol. The normalized spacial score (nSPS) is 25.0. The molecule has 0 aromatic carbocycles. The Balaban J connectivity index is 2.17. The highest BCUT2D eigenvalue weighted by molar-refractivity contribution is 9.10. The van der Waals surface area contributed by atoms with Crippen molar-refractivity contribution in [2.45, 2.75) is 38.8 Å². The topological polar surface area (TPSA) is 41.1 Å². The first-order valence-corrected chi connectivity index (χ1v) is 7.01. The van der Waals surface area contributed by atoms with Gasteiger partial charge in [0.15, 0.2) is 0 Å². The molecule has 1 aliphatic heterocycles. The molecule has 17 heavy (non-hydrogen) atoms. The van der Waals surface area contributed by atoms with Gasteiger partial charge in [0.25, 0.3) is 0 Å². The maximum atomic E-state index is 4.41. The lowest BCUT2D eigenvalue weighted by Crippen LogP contribution is -2.56. The second-order valence-electron chi connectivity index (χ2n) is 4.43. The molecule has 1 saturated heterocycles. The third kappa shape index (κ3) is 2.96. The van der Waals surface area contributed by atoms with Gasteiger partial charge in [-0.15, -0.1) is 0 Å². The lowest BCUT2D eigenvalue weighted by Gasteiger charge is -2.39. The van der Waals surface area contributed by atoms with Crippen LogP contribution in [0.3, 0.4) is 0 Å². The summed E-state index contributed by atoms with van der Waals surface area (Å²) < 4.78 is 0.927. The van der Waals surface area contributed by atoms with Crippen LogP contribution in [-0.2, 0) is 0 Å². The van der Waals surface area contributed by atoms with Gasteiger partial charge in [-0.25, -0.2) is 9.97 Å². The van der Waals surface area contributed by atoms with Crippen molar-refractivity contribution in [3.8, 4) is 0 Å². The number of aromatic nitrogens is 2. The van der Waals surface area contributed by atoms with Crippen LogP contribution < -0.4 is 10.2 Å². The van der Waals surface area contributed by atoms with Gasteiger partial charge < -0.3 is 10.2 Å². The molecule has 94 valence electrons. The van der Waals surface area contributed by atoms with Crippen molar-refractivity contribution in [3.05, 3.63) is 16.9 Å². The monoisotopic (exact) mass is 298 g/mol. The fraction of sp³-hybridized carbons (Fsp3) is 0.667. The second-order valence-corrected chi connectivity index (χ2v) is 5.34. The van der Waals surface area contributed by atoms with Gasteiger partial charge in [-0.1, -0.05) is 13.8 Å². The van der Waals surface area contributed by atoms with Crippen molar-refractivity contribution in [1.82, 2.24) is 15.3 Å². The van der Waals surface area contributed by atoms with Crippen molar-refractivity contribution in [1.29, 1.82) is 0 Å². The highest BCUT2D eigenvalue weighted by Crippen LogP contribution is 2.19. The third-order valence-electron chi connectivity index (χ3n) is 3.33. The van der Waals surface area contributed by atoms with Gasteiger partial charge in [-0.05, 0) is 28.8 Å². The smallest absolute Gasteiger partial charge is 0.225 e. The standard InChI is InChI=1S/C12H19BrN4/c1-3-10-8-17(11(4-2)7-14-10)12-15-5-9(13)6-16-12/h5-6,10-11,14H,3-4,7-8H2,1-2H3. The number of nitrogens with zero attached hydrogens (tertiary/aromatic N) is 3. The zero-order valence-corrected chi connectivity index (χ0v) is 11.9. The van der Waals surface area contributed by atoms with E-state index in [-0.39, 0.29) is 0 Å². The molecule has 2 rings (SSSR count). The average molecular weight is 299 g/mol. The summed E-state index contributed by atoms with van der Waals surface area (Å²) in [5.41, 5.74) is 0. The van der Waals surface area contributed by atoms with E-state index < -0.39 is 0 Å². The quantitative estimate of drug-likeness (QED) is 0.929. The molecule has 0 amide bonds. The molecule has 5 heteroatoms. The van der Waals surface area contributed by atoms with E-state index in [1.165, 1.54) is 0 Å². The molecule has 2 heterocycles. The summed E-state index contributed by atoms with van der Waals surface area (Å²) in [6, 6.07) is 1.05. The highest BCUT2D eigenvalue weighted by atomic mass is 79.9. The summed E-state index contributed by atoms with van der Waals surface area (Å²) in [6.07, 6.45) is 5.89. The SMILES string of the molecule is CCC1CN(c2ncc(Br)cn2)C(CC)CN1. The van der Waals surface area contributed by atoms with E-state index in [4.69, 9.17) is 0 Å². The maximum absolute atomic E-state index is 4.41. The van der Waals surface area contributed by atoms with E-state index in [2.05, 4.69) is 50.0 Å². The van der Waals surface area contributed by atoms with Crippen LogP contribution in [0.2, 0.25) is 0 Å². The number of nitrogens with one attached hydrogen (secondary N) is 1. The van der Waals surface area contributed by atoms with Crippen LogP contribution >= 0.6 is 15.9 Å². The molecule has 0 aliphatic carbocycles. The van der Waals surface area contributed by atoms with Crippen LogP contribution in [0, 0.1) is 0 Å². The van der Waals surface area contributed by atoms with Gasteiger partial charge in [0.1, 0.15) is 0 Å². The van der Waals surface area contributed by atoms with E-state index >= 15 is 0 Å². The van der Waals surface area contributed by atoms with Crippen molar-refractivity contribution in [2.24, 2.45) is 0 Å². The molecule has 0 radical (unpaired) electrons. The predicted octanol–water partition coefficient (Wildman–Crippen LogP) is 2.21. The average Bonchev–Trinajstić information content (AvgIpc) is 2.39. The molecule has 1 N–H and O–H groups in total. The Hall–Kier alpha value is -0.680. The third-order valence-corrected chi connectivity index (χ3v) is 3.74. The van der Waals surface area contributed by atoms with Crippen LogP contribution in [0.25, 0.3) is 0 Å². The zero-order chi connectivity index (χ0) is 12.3. The number of piperazine rings is 1. The Morgan fingerprint density at radius 2 is 2.06 bits per heavy atom. The summed E-state index contributed by atoms with van der Waals surface area (Å²) in [5.74, 6) is 0.847. The van der Waals surface area contributed by atoms with Gasteiger partial charge in [0.2, 0.25) is 5.95 Å². The minimum Gasteiger partial charge on any atom is -0.335 e. The Morgan fingerprint density at radius 3 is 2.65 bits per heavy atom. The molecule has 4 nitrogen and oxygen atoms in total. The fourth-order valence-corrected chi connectivity index (χ4v) is 2.41. The number of halogens is 1. The van der Waals surface area contributed by atoms with Gasteiger partial charge in [-0.2, -0.15) is 0 Å². The predicted molar refractivity (Wildman–Crippen MR) is 73.2 cm³/mol. The van der Waals surface area contributed by atoms with E-state index in [0.29, 0.717) is 12.1 Å². The van der Waals surface area contributed by atoms with Crippen LogP contribution in [0.1, 0.15) is 26.7 Å². The van der Waals surface area contributed by atoms with E-state index in [0.717, 1.165) is 36.4 Å². The largest absolute Gasteiger partial charge is 0.335 e. The Labute approximate surface area is 111 Å². The summed E-state index contributed by atoms with van der Waals surface area (Å²) in [5, 5.41) is 3.57. The first-order valence-electron chi connectivity index (χ1n) is 6.22. The summed E-state index contributed by atoms with van der Waals surface area (Å²) in [7, 11) is 0. The molecule has 2 unspecified atom stereocenters. The van der Waals surface area contributed by atoms with Crippen molar-refractivity contribution in [3.63, 3.8) is 0 Å². The van der Waals surface area contributed by atoms with Crippen molar-refractivity contribution < 1.29 is 0 Å². The number of hydrogen-bond donors (Lipinski definition) is 1. The van der Waals surface area contributed by atoms with E-state index in [9.17, 15) is 0 Å². The Morgan fingerprint density at radius 1 is 1.35 bits per heavy atom. The summed E-state index contributed by atoms with van der Waals surface area (Å²) >= 11 is 3.37. The van der Waals surface area contributed by atoms with Crippen LogP contribution in [0.5, 0.6) is 0 Å². The molecule has 0 bridgehead atoms. The van der Waals surface area contributed by atoms with Crippen LogP contribution in [0.4, 0.5) is 5.95 Å². The number of anilines is 1. The molecule has 0 saturated carbocycles. The molecular formula is C12H19BrN4. The molecule has 1 aromatic rings. The van der Waals surface area contributed by atoms with Gasteiger partial charge in [-0.3, -0.25) is 0 Å². The first kappa shape index (κ1) is 12.8. The minimum absolute atomic E-state index is 0.499. The fourth-order valence-electron chi connectivity index (χ4n) is 2.20. The molecule has 0 spiro atoms. The maximum Gasteiger partial charge on any atom is 0.225 e. The lowest BCUT2D eigenvalue weighted by molar-refractivity contribution is 0.374. The van der Waals surface area contributed by atoms with E-state index in [1.807, 2.05) is 12.4 Å². The molecule has 2 atom stereocenters. The Bertz CT molecular complexity index is 354. The summed E-state index contributed by atoms with van der Waals surface area (Å²) in [6.45, 7) is 6.44. The number of rotatable bonds is 3. The zero-order valence-electron chi connectivity index (χ0n) is 10.4. The lowest BCUT2D eigenvalue weighted by atomic mass is 10.1. The molecule has 1 aliphatic rings. The van der Waals surface area contributed by atoms with Crippen LogP contribution in [0.15, 0.2) is 16.9 Å². The van der Waals surface area contributed by atoms with Gasteiger partial charge in [0.05, 0.1) is 4.47 Å². The van der Waals surface area contributed by atoms with Crippen LogP contribution in [-0.4, -0.2) is 35.1 Å². The van der Waals surface area contributed by atoms with Crippen molar-refractivity contribution in [2.75, 3.05) is 18.0 Å². The Kier molecular flexibility index (Phi) is 4.34. The second kappa shape index (κ2) is 5.78. The highest BCUT2D eigenvalue weighted by Gasteiger charge is 2.27. The van der Waals surface area contributed by atoms with Gasteiger partial charge in [0, 0.05) is 37.6 Å². The summed E-state index contributed by atoms with van der Waals surface area (Å²) in [4.78, 5) is 11.1. The number of hydrogen-bond acceptors (Lipinski definition) is 4. The first-order chi connectivity index (χ1) is 8.24.